The van der Waals surface area contributed by atoms with Crippen molar-refractivity contribution in [2.75, 3.05) is 11.4 Å². The van der Waals surface area contributed by atoms with Crippen molar-refractivity contribution >= 4 is 33.5 Å². The molecule has 1 aromatic heterocycles. The van der Waals surface area contributed by atoms with Crippen molar-refractivity contribution in [1.29, 1.82) is 0 Å². The Balaban J connectivity index is 1.87. The van der Waals surface area contributed by atoms with Crippen LogP contribution in [0.4, 0.5) is 11.6 Å². The molecule has 156 valence electrons. The molecule has 2 aromatic rings. The van der Waals surface area contributed by atoms with Gasteiger partial charge in [-0.2, -0.15) is 0 Å². The van der Waals surface area contributed by atoms with Gasteiger partial charge in [-0.05, 0) is 72.3 Å². The van der Waals surface area contributed by atoms with Crippen LogP contribution >= 0.6 is 15.9 Å². The molecular weight excluding hydrogens is 428 g/mol. The van der Waals surface area contributed by atoms with E-state index in [9.17, 15) is 4.79 Å². The number of hydrogen-bond acceptors (Lipinski definition) is 4. The first kappa shape index (κ1) is 21.8. The lowest BCUT2D eigenvalue weighted by atomic mass is 9.95. The molecule has 5 nitrogen and oxygen atoms in total. The van der Waals surface area contributed by atoms with Gasteiger partial charge in [0.05, 0.1) is 5.69 Å². The number of nitrogens with one attached hydrogen (secondary N) is 1. The fourth-order valence-corrected chi connectivity index (χ4v) is 4.43. The summed E-state index contributed by atoms with van der Waals surface area (Å²) in [5.41, 5.74) is 3.50. The first-order valence-electron chi connectivity index (χ1n) is 10.6. The first-order chi connectivity index (χ1) is 13.9. The molecule has 0 spiro atoms. The molecule has 0 aliphatic heterocycles. The van der Waals surface area contributed by atoms with Crippen molar-refractivity contribution in [3.8, 4) is 0 Å². The Morgan fingerprint density at radius 3 is 2.55 bits per heavy atom. The van der Waals surface area contributed by atoms with Crippen LogP contribution in [0, 0.1) is 6.92 Å². The second kappa shape index (κ2) is 9.70. The van der Waals surface area contributed by atoms with Crippen molar-refractivity contribution in [2.24, 2.45) is 0 Å². The number of halogens is 1. The van der Waals surface area contributed by atoms with Gasteiger partial charge in [-0.3, -0.25) is 4.79 Å². The van der Waals surface area contributed by atoms with E-state index >= 15 is 0 Å². The van der Waals surface area contributed by atoms with E-state index in [0.717, 1.165) is 28.7 Å². The molecule has 0 bridgehead atoms. The van der Waals surface area contributed by atoms with Crippen molar-refractivity contribution in [3.63, 3.8) is 0 Å². The molecule has 1 N–H and O–H groups in total. The average Bonchev–Trinajstić information content (AvgIpc) is 2.70. The van der Waals surface area contributed by atoms with E-state index in [1.165, 1.54) is 24.8 Å². The van der Waals surface area contributed by atoms with Gasteiger partial charge in [-0.1, -0.05) is 39.2 Å². The van der Waals surface area contributed by atoms with Gasteiger partial charge in [-0.25, -0.2) is 9.97 Å². The number of benzene rings is 1. The number of carbonyl (C=O) groups excluding carboxylic acids is 1. The molecule has 1 saturated carbocycles. The summed E-state index contributed by atoms with van der Waals surface area (Å²) in [4.78, 5) is 24.1. The zero-order valence-corrected chi connectivity index (χ0v) is 19.4. The minimum Gasteiger partial charge on any atom is -0.348 e. The Bertz CT molecular complexity index is 862. The molecule has 1 heterocycles. The Labute approximate surface area is 182 Å². The van der Waals surface area contributed by atoms with Crippen LogP contribution in [0.2, 0.25) is 0 Å². The normalized spacial score (nSPS) is 14.8. The largest absolute Gasteiger partial charge is 0.348 e. The van der Waals surface area contributed by atoms with Crippen LogP contribution in [0.15, 0.2) is 28.7 Å². The topological polar surface area (TPSA) is 58.1 Å². The van der Waals surface area contributed by atoms with Crippen LogP contribution in [-0.4, -0.2) is 28.5 Å². The molecule has 0 atom stereocenters. The minimum atomic E-state index is -0.103. The summed E-state index contributed by atoms with van der Waals surface area (Å²) >= 11 is 3.71. The van der Waals surface area contributed by atoms with Gasteiger partial charge in [0.1, 0.15) is 5.69 Å². The van der Waals surface area contributed by atoms with Crippen LogP contribution in [-0.2, 0) is 0 Å². The van der Waals surface area contributed by atoms with Crippen molar-refractivity contribution < 1.29 is 4.79 Å². The Kier molecular flexibility index (Phi) is 7.28. The minimum absolute atomic E-state index is 0.103. The number of carbonyl (C=O) groups is 1. The number of nitrogens with zero attached hydrogens (tertiary/aromatic N) is 3. The van der Waals surface area contributed by atoms with Gasteiger partial charge in [0.15, 0.2) is 0 Å². The van der Waals surface area contributed by atoms with E-state index in [2.05, 4.69) is 70.2 Å². The molecule has 3 rings (SSSR count). The molecule has 0 radical (unpaired) electrons. The average molecular weight is 459 g/mol. The summed E-state index contributed by atoms with van der Waals surface area (Å²) in [6.45, 7) is 9.04. The summed E-state index contributed by atoms with van der Waals surface area (Å²) in [7, 11) is 0. The third-order valence-electron chi connectivity index (χ3n) is 5.50. The van der Waals surface area contributed by atoms with Gasteiger partial charge in [0.2, 0.25) is 5.95 Å². The maximum absolute atomic E-state index is 12.8. The molecule has 29 heavy (non-hydrogen) atoms. The summed E-state index contributed by atoms with van der Waals surface area (Å²) in [5.74, 6) is 0.911. The summed E-state index contributed by atoms with van der Waals surface area (Å²) in [5, 5.41) is 3.16. The van der Waals surface area contributed by atoms with Crippen LogP contribution in [0.1, 0.15) is 80.5 Å². The number of aryl methyl sites for hydroxylation is 1. The standard InChI is InChI=1S/C23H31BrN4O/c1-5-28(21-12-11-17(15(2)3)14-19(21)24)23-25-16(4)13-20(27-23)22(29)26-18-9-7-6-8-10-18/h11-15,18H,5-10H2,1-4H3,(H,26,29). The first-order valence-corrected chi connectivity index (χ1v) is 11.4. The van der Waals surface area contributed by atoms with Crippen LogP contribution in [0.5, 0.6) is 0 Å². The lowest BCUT2D eigenvalue weighted by Gasteiger charge is -2.25. The summed E-state index contributed by atoms with van der Waals surface area (Å²) in [6, 6.07) is 8.41. The SMILES string of the molecule is CCN(c1nc(C)cc(C(=O)NC2CCCCC2)n1)c1ccc(C(C)C)cc1Br. The van der Waals surface area contributed by atoms with Crippen LogP contribution in [0.25, 0.3) is 0 Å². The van der Waals surface area contributed by atoms with Gasteiger partial charge >= 0.3 is 0 Å². The van der Waals surface area contributed by atoms with Crippen molar-refractivity contribution in [2.45, 2.75) is 71.8 Å². The lowest BCUT2D eigenvalue weighted by Crippen LogP contribution is -2.37. The fraction of sp³-hybridized carbons (Fsp3) is 0.522. The number of hydrogen-bond donors (Lipinski definition) is 1. The second-order valence-corrected chi connectivity index (χ2v) is 8.97. The van der Waals surface area contributed by atoms with E-state index in [1.807, 2.05) is 11.8 Å². The third-order valence-corrected chi connectivity index (χ3v) is 6.14. The number of anilines is 2. The van der Waals surface area contributed by atoms with Crippen molar-refractivity contribution in [1.82, 2.24) is 15.3 Å². The number of aromatic nitrogens is 2. The maximum atomic E-state index is 12.8. The highest BCUT2D eigenvalue weighted by molar-refractivity contribution is 9.10. The van der Waals surface area contributed by atoms with E-state index in [-0.39, 0.29) is 11.9 Å². The van der Waals surface area contributed by atoms with Crippen LogP contribution < -0.4 is 10.2 Å². The van der Waals surface area contributed by atoms with E-state index < -0.39 is 0 Å². The lowest BCUT2D eigenvalue weighted by molar-refractivity contribution is 0.0922. The highest BCUT2D eigenvalue weighted by Crippen LogP contribution is 2.33. The molecule has 0 unspecified atom stereocenters. The zero-order valence-electron chi connectivity index (χ0n) is 17.8. The number of rotatable bonds is 6. The predicted octanol–water partition coefficient (Wildman–Crippen LogP) is 5.89. The fourth-order valence-electron chi connectivity index (χ4n) is 3.82. The molecule has 1 aromatic carbocycles. The van der Waals surface area contributed by atoms with Gasteiger partial charge in [-0.15, -0.1) is 0 Å². The van der Waals surface area contributed by atoms with Gasteiger partial charge in [0, 0.05) is 22.8 Å². The molecule has 1 aliphatic carbocycles. The quantitative estimate of drug-likeness (QED) is 0.585. The molecule has 1 aliphatic rings. The maximum Gasteiger partial charge on any atom is 0.270 e. The molecule has 6 heteroatoms. The van der Waals surface area contributed by atoms with Crippen molar-refractivity contribution in [3.05, 3.63) is 45.7 Å². The van der Waals surface area contributed by atoms with E-state index in [4.69, 9.17) is 0 Å². The summed E-state index contributed by atoms with van der Waals surface area (Å²) < 4.78 is 1.00. The highest BCUT2D eigenvalue weighted by atomic mass is 79.9. The predicted molar refractivity (Wildman–Crippen MR) is 122 cm³/mol. The molecule has 1 fully saturated rings. The summed E-state index contributed by atoms with van der Waals surface area (Å²) in [6.07, 6.45) is 5.74. The van der Waals surface area contributed by atoms with Gasteiger partial charge < -0.3 is 10.2 Å². The molecule has 0 saturated heterocycles. The Morgan fingerprint density at radius 1 is 1.21 bits per heavy atom. The smallest absolute Gasteiger partial charge is 0.270 e. The Hall–Kier alpha value is -1.95. The number of amides is 1. The van der Waals surface area contributed by atoms with E-state index in [1.54, 1.807) is 6.07 Å². The zero-order chi connectivity index (χ0) is 21.0. The Morgan fingerprint density at radius 2 is 1.93 bits per heavy atom. The molecular formula is C23H31BrN4O. The monoisotopic (exact) mass is 458 g/mol. The second-order valence-electron chi connectivity index (χ2n) is 8.11. The van der Waals surface area contributed by atoms with E-state index in [0.29, 0.717) is 24.1 Å². The van der Waals surface area contributed by atoms with Crippen LogP contribution in [0.3, 0.4) is 0 Å². The molecule has 1 amide bonds. The highest BCUT2D eigenvalue weighted by Gasteiger charge is 2.21. The van der Waals surface area contributed by atoms with Gasteiger partial charge in [0.25, 0.3) is 5.91 Å². The third kappa shape index (κ3) is 5.35.